The number of hydrogen-bond acceptors (Lipinski definition) is 3. The molecule has 2 aromatic rings. The summed E-state index contributed by atoms with van der Waals surface area (Å²) < 4.78 is 5.36. The van der Waals surface area contributed by atoms with Crippen LogP contribution in [0, 0.1) is 5.92 Å². The topological polar surface area (TPSA) is 35.0 Å². The van der Waals surface area contributed by atoms with E-state index in [-0.39, 0.29) is 0 Å². The standard InChI is InChI=1S/C15H13Cl3N2O/c16-11-3-1-10(2-4-11)13-14(17)19-12(20-15(13)18)7-9-5-6-21-8-9/h1-4,9H,5-8H2. The van der Waals surface area contributed by atoms with Crippen molar-refractivity contribution in [1.29, 1.82) is 0 Å². The maximum absolute atomic E-state index is 6.29. The van der Waals surface area contributed by atoms with Crippen LogP contribution in [-0.2, 0) is 11.2 Å². The Labute approximate surface area is 138 Å². The summed E-state index contributed by atoms with van der Waals surface area (Å²) in [6.07, 6.45) is 1.76. The molecule has 0 spiro atoms. The highest BCUT2D eigenvalue weighted by Crippen LogP contribution is 2.33. The molecule has 0 N–H and O–H groups in total. The van der Waals surface area contributed by atoms with Crippen molar-refractivity contribution >= 4 is 34.8 Å². The Morgan fingerprint density at radius 2 is 1.71 bits per heavy atom. The summed E-state index contributed by atoms with van der Waals surface area (Å²) >= 11 is 18.5. The zero-order valence-electron chi connectivity index (χ0n) is 11.2. The second kappa shape index (κ2) is 6.49. The molecule has 2 heterocycles. The SMILES string of the molecule is Clc1ccc(-c2c(Cl)nc(CC3CCOC3)nc2Cl)cc1. The lowest BCUT2D eigenvalue weighted by Crippen LogP contribution is -2.08. The molecule has 1 aromatic heterocycles. The smallest absolute Gasteiger partial charge is 0.142 e. The largest absolute Gasteiger partial charge is 0.381 e. The van der Waals surface area contributed by atoms with Crippen molar-refractivity contribution in [3.8, 4) is 11.1 Å². The molecule has 1 fully saturated rings. The molecule has 0 saturated carbocycles. The van der Waals surface area contributed by atoms with E-state index < -0.39 is 0 Å². The number of halogens is 3. The predicted molar refractivity (Wildman–Crippen MR) is 85.1 cm³/mol. The van der Waals surface area contributed by atoms with E-state index in [2.05, 4.69) is 9.97 Å². The highest BCUT2D eigenvalue weighted by atomic mass is 35.5. The Morgan fingerprint density at radius 1 is 1.05 bits per heavy atom. The molecule has 21 heavy (non-hydrogen) atoms. The summed E-state index contributed by atoms with van der Waals surface area (Å²) in [6.45, 7) is 1.55. The molecule has 1 atom stereocenters. The molecule has 1 aliphatic rings. The van der Waals surface area contributed by atoms with Gasteiger partial charge in [-0.1, -0.05) is 46.9 Å². The minimum atomic E-state index is 0.367. The Balaban J connectivity index is 1.90. The van der Waals surface area contributed by atoms with Gasteiger partial charge in [0.05, 0.1) is 5.56 Å². The molecular formula is C15H13Cl3N2O. The maximum Gasteiger partial charge on any atom is 0.142 e. The van der Waals surface area contributed by atoms with Crippen LogP contribution in [0.5, 0.6) is 0 Å². The number of hydrogen-bond donors (Lipinski definition) is 0. The van der Waals surface area contributed by atoms with Crippen LogP contribution < -0.4 is 0 Å². The van der Waals surface area contributed by atoms with Gasteiger partial charge >= 0.3 is 0 Å². The minimum absolute atomic E-state index is 0.367. The van der Waals surface area contributed by atoms with Gasteiger partial charge in [-0.3, -0.25) is 0 Å². The molecule has 1 aliphatic heterocycles. The lowest BCUT2D eigenvalue weighted by molar-refractivity contribution is 0.185. The lowest BCUT2D eigenvalue weighted by atomic mass is 10.0. The van der Waals surface area contributed by atoms with Gasteiger partial charge in [-0.2, -0.15) is 0 Å². The Kier molecular flexibility index (Phi) is 4.65. The predicted octanol–water partition coefficient (Wildman–Crippen LogP) is 4.68. The van der Waals surface area contributed by atoms with Crippen molar-refractivity contribution < 1.29 is 4.74 Å². The fourth-order valence-electron chi connectivity index (χ4n) is 2.40. The molecule has 0 bridgehead atoms. The van der Waals surface area contributed by atoms with Crippen molar-refractivity contribution in [2.75, 3.05) is 13.2 Å². The average Bonchev–Trinajstić information content (AvgIpc) is 2.93. The van der Waals surface area contributed by atoms with Crippen LogP contribution in [-0.4, -0.2) is 23.2 Å². The third-order valence-electron chi connectivity index (χ3n) is 3.50. The molecule has 1 saturated heterocycles. The van der Waals surface area contributed by atoms with Crippen LogP contribution in [0.3, 0.4) is 0 Å². The van der Waals surface area contributed by atoms with Crippen LogP contribution in [0.1, 0.15) is 12.2 Å². The zero-order valence-corrected chi connectivity index (χ0v) is 13.4. The van der Waals surface area contributed by atoms with Crippen LogP contribution in [0.25, 0.3) is 11.1 Å². The fraction of sp³-hybridized carbons (Fsp3) is 0.333. The number of ether oxygens (including phenoxy) is 1. The highest BCUT2D eigenvalue weighted by Gasteiger charge is 2.20. The third kappa shape index (κ3) is 3.49. The van der Waals surface area contributed by atoms with E-state index in [0.29, 0.717) is 32.6 Å². The van der Waals surface area contributed by atoms with Gasteiger partial charge in [0.25, 0.3) is 0 Å². The Bertz CT molecular complexity index is 617. The van der Waals surface area contributed by atoms with E-state index >= 15 is 0 Å². The highest BCUT2D eigenvalue weighted by molar-refractivity contribution is 6.37. The van der Waals surface area contributed by atoms with E-state index in [9.17, 15) is 0 Å². The van der Waals surface area contributed by atoms with Crippen molar-refractivity contribution in [2.24, 2.45) is 5.92 Å². The van der Waals surface area contributed by atoms with E-state index in [1.54, 1.807) is 12.1 Å². The summed E-state index contributed by atoms with van der Waals surface area (Å²) in [5.41, 5.74) is 1.49. The summed E-state index contributed by atoms with van der Waals surface area (Å²) in [4.78, 5) is 8.76. The van der Waals surface area contributed by atoms with Gasteiger partial charge < -0.3 is 4.74 Å². The van der Waals surface area contributed by atoms with Gasteiger partial charge in [-0.25, -0.2) is 9.97 Å². The van der Waals surface area contributed by atoms with Gasteiger partial charge in [0.15, 0.2) is 0 Å². The minimum Gasteiger partial charge on any atom is -0.381 e. The van der Waals surface area contributed by atoms with Crippen LogP contribution in [0.15, 0.2) is 24.3 Å². The Hall–Kier alpha value is -0.870. The normalized spacial score (nSPS) is 18.1. The number of benzene rings is 1. The summed E-state index contributed by atoms with van der Waals surface area (Å²) in [6, 6.07) is 7.27. The molecule has 6 heteroatoms. The first-order chi connectivity index (χ1) is 10.1. The fourth-order valence-corrected chi connectivity index (χ4v) is 3.16. The van der Waals surface area contributed by atoms with E-state index in [0.717, 1.165) is 31.6 Å². The van der Waals surface area contributed by atoms with Crippen molar-refractivity contribution in [3.63, 3.8) is 0 Å². The summed E-state index contributed by atoms with van der Waals surface area (Å²) in [5.74, 6) is 1.11. The van der Waals surface area contributed by atoms with E-state index in [1.165, 1.54) is 0 Å². The van der Waals surface area contributed by atoms with Gasteiger partial charge in [0.1, 0.15) is 16.1 Å². The molecule has 0 aliphatic carbocycles. The average molecular weight is 344 g/mol. The molecule has 0 amide bonds. The van der Waals surface area contributed by atoms with Crippen molar-refractivity contribution in [1.82, 2.24) is 9.97 Å². The third-order valence-corrected chi connectivity index (χ3v) is 4.29. The first kappa shape index (κ1) is 15.0. The van der Waals surface area contributed by atoms with Gasteiger partial charge in [-0.15, -0.1) is 0 Å². The second-order valence-corrected chi connectivity index (χ2v) is 6.19. The molecule has 1 unspecified atom stereocenters. The zero-order chi connectivity index (χ0) is 14.8. The second-order valence-electron chi connectivity index (χ2n) is 5.04. The van der Waals surface area contributed by atoms with Crippen LogP contribution >= 0.6 is 34.8 Å². The molecule has 1 aromatic carbocycles. The van der Waals surface area contributed by atoms with Gasteiger partial charge in [-0.05, 0) is 30.0 Å². The van der Waals surface area contributed by atoms with Crippen LogP contribution in [0.4, 0.5) is 0 Å². The van der Waals surface area contributed by atoms with Gasteiger partial charge in [0, 0.05) is 24.7 Å². The summed E-state index contributed by atoms with van der Waals surface area (Å²) in [7, 11) is 0. The first-order valence-corrected chi connectivity index (χ1v) is 7.82. The van der Waals surface area contributed by atoms with Crippen molar-refractivity contribution in [2.45, 2.75) is 12.8 Å². The molecule has 3 rings (SSSR count). The summed E-state index contributed by atoms with van der Waals surface area (Å²) in [5, 5.41) is 1.39. The quantitative estimate of drug-likeness (QED) is 0.759. The maximum atomic E-state index is 6.29. The van der Waals surface area contributed by atoms with Crippen molar-refractivity contribution in [3.05, 3.63) is 45.4 Å². The van der Waals surface area contributed by atoms with E-state index in [1.807, 2.05) is 12.1 Å². The monoisotopic (exact) mass is 342 g/mol. The number of rotatable bonds is 3. The lowest BCUT2D eigenvalue weighted by Gasteiger charge is -2.10. The molecule has 3 nitrogen and oxygen atoms in total. The first-order valence-electron chi connectivity index (χ1n) is 6.69. The molecular weight excluding hydrogens is 331 g/mol. The Morgan fingerprint density at radius 3 is 2.29 bits per heavy atom. The molecule has 0 radical (unpaired) electrons. The van der Waals surface area contributed by atoms with Crippen LogP contribution in [0.2, 0.25) is 15.3 Å². The van der Waals surface area contributed by atoms with Gasteiger partial charge in [0.2, 0.25) is 0 Å². The number of aromatic nitrogens is 2. The van der Waals surface area contributed by atoms with E-state index in [4.69, 9.17) is 39.5 Å². The number of nitrogens with zero attached hydrogens (tertiary/aromatic N) is 2. The molecule has 110 valence electrons.